The molecular weight excluding hydrogens is 370 g/mol. The standard InChI is InChI=1S/C23H14F2N4/c24-17-6-1-14(2-7-17)22-19-11-16(5-10-21(19)26-13-27-22)20-12-28-29-23(20)15-3-8-18(25)9-4-15/h1-13H,(H,28,29). The summed E-state index contributed by atoms with van der Waals surface area (Å²) < 4.78 is 26.6. The molecule has 2 aromatic heterocycles. The first-order valence-electron chi connectivity index (χ1n) is 8.99. The van der Waals surface area contributed by atoms with Crippen LogP contribution in [0.15, 0.2) is 79.3 Å². The van der Waals surface area contributed by atoms with Gasteiger partial charge in [0.15, 0.2) is 0 Å². The first kappa shape index (κ1) is 17.2. The summed E-state index contributed by atoms with van der Waals surface area (Å²) in [5.41, 5.74) is 5.75. The van der Waals surface area contributed by atoms with Crippen molar-refractivity contribution in [1.82, 2.24) is 20.2 Å². The molecule has 29 heavy (non-hydrogen) atoms. The Balaban J connectivity index is 1.66. The van der Waals surface area contributed by atoms with Gasteiger partial charge in [-0.3, -0.25) is 5.10 Å². The molecule has 0 aliphatic rings. The molecule has 2 heterocycles. The maximum Gasteiger partial charge on any atom is 0.123 e. The van der Waals surface area contributed by atoms with E-state index in [9.17, 15) is 8.78 Å². The summed E-state index contributed by atoms with van der Waals surface area (Å²) in [5.74, 6) is -0.586. The molecule has 1 N–H and O–H groups in total. The molecule has 0 aliphatic heterocycles. The highest BCUT2D eigenvalue weighted by Gasteiger charge is 2.13. The number of rotatable bonds is 3. The van der Waals surface area contributed by atoms with Crippen LogP contribution in [-0.2, 0) is 0 Å². The highest BCUT2D eigenvalue weighted by atomic mass is 19.1. The van der Waals surface area contributed by atoms with Crippen LogP contribution in [0.4, 0.5) is 8.78 Å². The van der Waals surface area contributed by atoms with Gasteiger partial charge in [0, 0.05) is 22.1 Å². The second kappa shape index (κ2) is 6.91. The lowest BCUT2D eigenvalue weighted by Crippen LogP contribution is -1.90. The lowest BCUT2D eigenvalue weighted by Gasteiger charge is -2.08. The van der Waals surface area contributed by atoms with E-state index in [-0.39, 0.29) is 11.6 Å². The fraction of sp³-hybridized carbons (Fsp3) is 0. The average molecular weight is 384 g/mol. The van der Waals surface area contributed by atoms with Gasteiger partial charge in [0.1, 0.15) is 18.0 Å². The minimum atomic E-state index is -0.296. The Morgan fingerprint density at radius 1 is 0.690 bits per heavy atom. The summed E-state index contributed by atoms with van der Waals surface area (Å²) in [6.45, 7) is 0. The van der Waals surface area contributed by atoms with Crippen LogP contribution in [0, 0.1) is 11.6 Å². The molecule has 0 unspecified atom stereocenters. The number of H-pyrrole nitrogens is 1. The van der Waals surface area contributed by atoms with Gasteiger partial charge < -0.3 is 0 Å². The molecule has 0 fully saturated rings. The van der Waals surface area contributed by atoms with E-state index in [0.29, 0.717) is 0 Å². The van der Waals surface area contributed by atoms with Crippen LogP contribution in [0.5, 0.6) is 0 Å². The summed E-state index contributed by atoms with van der Waals surface area (Å²) in [4.78, 5) is 8.77. The molecule has 0 amide bonds. The van der Waals surface area contributed by atoms with Crippen LogP contribution in [0.1, 0.15) is 0 Å². The zero-order valence-electron chi connectivity index (χ0n) is 15.1. The van der Waals surface area contributed by atoms with Gasteiger partial charge in [0.2, 0.25) is 0 Å². The topological polar surface area (TPSA) is 54.5 Å². The predicted octanol–water partition coefficient (Wildman–Crippen LogP) is 5.63. The first-order chi connectivity index (χ1) is 14.2. The SMILES string of the molecule is Fc1ccc(-c2[nH]ncc2-c2ccc3ncnc(-c4ccc(F)cc4)c3c2)cc1. The molecule has 0 saturated carbocycles. The molecule has 0 atom stereocenters. The lowest BCUT2D eigenvalue weighted by molar-refractivity contribution is 0.627. The number of halogens is 2. The average Bonchev–Trinajstić information content (AvgIpc) is 3.24. The Kier molecular flexibility index (Phi) is 4.09. The van der Waals surface area contributed by atoms with E-state index in [1.807, 2.05) is 18.2 Å². The largest absolute Gasteiger partial charge is 0.277 e. The van der Waals surface area contributed by atoms with Crippen LogP contribution in [0.2, 0.25) is 0 Å². The van der Waals surface area contributed by atoms with Gasteiger partial charge in [-0.25, -0.2) is 18.7 Å². The predicted molar refractivity (Wildman–Crippen MR) is 108 cm³/mol. The molecule has 0 bridgehead atoms. The summed E-state index contributed by atoms with van der Waals surface area (Å²) in [6, 6.07) is 18.3. The summed E-state index contributed by atoms with van der Waals surface area (Å²) in [7, 11) is 0. The van der Waals surface area contributed by atoms with Crippen molar-refractivity contribution in [2.24, 2.45) is 0 Å². The van der Waals surface area contributed by atoms with Gasteiger partial charge >= 0.3 is 0 Å². The van der Waals surface area contributed by atoms with E-state index < -0.39 is 0 Å². The van der Waals surface area contributed by atoms with E-state index in [1.54, 1.807) is 30.5 Å². The minimum absolute atomic E-state index is 0.290. The smallest absolute Gasteiger partial charge is 0.123 e. The minimum Gasteiger partial charge on any atom is -0.277 e. The molecule has 5 aromatic rings. The number of hydrogen-bond acceptors (Lipinski definition) is 3. The Bertz CT molecular complexity index is 1310. The van der Waals surface area contributed by atoms with E-state index in [2.05, 4.69) is 20.2 Å². The Labute approximate surface area is 164 Å². The van der Waals surface area contributed by atoms with Crippen molar-refractivity contribution in [3.8, 4) is 33.6 Å². The molecule has 0 saturated heterocycles. The molecule has 6 heteroatoms. The van der Waals surface area contributed by atoms with Crippen LogP contribution >= 0.6 is 0 Å². The molecule has 3 aromatic carbocycles. The first-order valence-corrected chi connectivity index (χ1v) is 8.99. The molecule has 0 radical (unpaired) electrons. The number of hydrogen-bond donors (Lipinski definition) is 1. The summed E-state index contributed by atoms with van der Waals surface area (Å²) in [6.07, 6.45) is 3.24. The number of aromatic amines is 1. The Morgan fingerprint density at radius 2 is 1.34 bits per heavy atom. The second-order valence-electron chi connectivity index (χ2n) is 6.63. The lowest BCUT2D eigenvalue weighted by atomic mass is 9.98. The monoisotopic (exact) mass is 384 g/mol. The van der Waals surface area contributed by atoms with E-state index >= 15 is 0 Å². The van der Waals surface area contributed by atoms with Crippen molar-refractivity contribution in [1.29, 1.82) is 0 Å². The number of aromatic nitrogens is 4. The van der Waals surface area contributed by atoms with E-state index in [0.717, 1.165) is 44.5 Å². The highest BCUT2D eigenvalue weighted by Crippen LogP contribution is 2.34. The van der Waals surface area contributed by atoms with E-state index in [1.165, 1.54) is 30.6 Å². The van der Waals surface area contributed by atoms with Crippen molar-refractivity contribution in [3.63, 3.8) is 0 Å². The molecule has 0 aliphatic carbocycles. The van der Waals surface area contributed by atoms with Crippen LogP contribution in [0.25, 0.3) is 44.5 Å². The number of benzene rings is 3. The van der Waals surface area contributed by atoms with Gasteiger partial charge in [-0.1, -0.05) is 6.07 Å². The zero-order valence-corrected chi connectivity index (χ0v) is 15.1. The maximum atomic E-state index is 13.3. The fourth-order valence-electron chi connectivity index (χ4n) is 3.40. The molecule has 140 valence electrons. The summed E-state index contributed by atoms with van der Waals surface area (Å²) >= 11 is 0. The normalized spacial score (nSPS) is 11.1. The van der Waals surface area contributed by atoms with Crippen molar-refractivity contribution in [3.05, 3.63) is 90.9 Å². The van der Waals surface area contributed by atoms with Crippen molar-refractivity contribution in [2.75, 3.05) is 0 Å². The second-order valence-corrected chi connectivity index (χ2v) is 6.63. The summed E-state index contributed by atoms with van der Waals surface area (Å²) in [5, 5.41) is 8.02. The Hall–Kier alpha value is -3.93. The number of fused-ring (bicyclic) bond motifs is 1. The quantitative estimate of drug-likeness (QED) is 0.438. The molecular formula is C23H14F2N4. The fourth-order valence-corrected chi connectivity index (χ4v) is 3.40. The maximum absolute atomic E-state index is 13.3. The van der Waals surface area contributed by atoms with Crippen LogP contribution < -0.4 is 0 Å². The van der Waals surface area contributed by atoms with Gasteiger partial charge in [0.25, 0.3) is 0 Å². The van der Waals surface area contributed by atoms with Gasteiger partial charge in [-0.2, -0.15) is 5.10 Å². The third-order valence-electron chi connectivity index (χ3n) is 4.84. The number of nitrogens with zero attached hydrogens (tertiary/aromatic N) is 3. The van der Waals surface area contributed by atoms with Gasteiger partial charge in [-0.05, 0) is 66.2 Å². The van der Waals surface area contributed by atoms with Gasteiger partial charge in [0.05, 0.1) is 23.1 Å². The highest BCUT2D eigenvalue weighted by molar-refractivity contribution is 5.96. The third-order valence-corrected chi connectivity index (χ3v) is 4.84. The Morgan fingerprint density at radius 3 is 2.07 bits per heavy atom. The van der Waals surface area contributed by atoms with E-state index in [4.69, 9.17) is 0 Å². The van der Waals surface area contributed by atoms with Crippen molar-refractivity contribution in [2.45, 2.75) is 0 Å². The van der Waals surface area contributed by atoms with Gasteiger partial charge in [-0.15, -0.1) is 0 Å². The van der Waals surface area contributed by atoms with Crippen molar-refractivity contribution < 1.29 is 8.78 Å². The zero-order chi connectivity index (χ0) is 19.8. The van der Waals surface area contributed by atoms with Crippen LogP contribution in [0.3, 0.4) is 0 Å². The molecule has 0 spiro atoms. The van der Waals surface area contributed by atoms with Crippen LogP contribution in [-0.4, -0.2) is 20.2 Å². The number of nitrogens with one attached hydrogen (secondary N) is 1. The molecule has 5 rings (SSSR count). The van der Waals surface area contributed by atoms with Crippen molar-refractivity contribution >= 4 is 10.9 Å². The molecule has 4 nitrogen and oxygen atoms in total. The third kappa shape index (κ3) is 3.14.